The smallest absolute Gasteiger partial charge is 0.0462 e. The molecule has 0 aromatic heterocycles. The summed E-state index contributed by atoms with van der Waals surface area (Å²) in [5, 5.41) is 9.08. The number of rotatable bonds is 1. The van der Waals surface area contributed by atoms with E-state index in [2.05, 4.69) is 4.90 Å². The van der Waals surface area contributed by atoms with Crippen LogP contribution in [0.3, 0.4) is 0 Å². The van der Waals surface area contributed by atoms with E-state index in [1.165, 1.54) is 38.9 Å². The third-order valence-corrected chi connectivity index (χ3v) is 3.26. The second-order valence-corrected chi connectivity index (χ2v) is 3.93. The summed E-state index contributed by atoms with van der Waals surface area (Å²) in [5.41, 5.74) is 0. The van der Waals surface area contributed by atoms with E-state index < -0.39 is 0 Å². The van der Waals surface area contributed by atoms with Crippen LogP contribution in [0.15, 0.2) is 0 Å². The molecule has 2 rings (SSSR count). The summed E-state index contributed by atoms with van der Waals surface area (Å²) < 4.78 is 0. The molecule has 2 nitrogen and oxygen atoms in total. The van der Waals surface area contributed by atoms with Crippen molar-refractivity contribution in [1.29, 1.82) is 0 Å². The lowest BCUT2D eigenvalue weighted by Gasteiger charge is -2.41. The average Bonchev–Trinajstić information content (AvgIpc) is 2.06. The summed E-state index contributed by atoms with van der Waals surface area (Å²) in [6, 6.07) is 0. The molecule has 2 bridgehead atoms. The number of hydrogen-bond donors (Lipinski definition) is 1. The Bertz CT molecular complexity index is 138. The van der Waals surface area contributed by atoms with Crippen LogP contribution in [-0.2, 0) is 0 Å². The second-order valence-electron chi connectivity index (χ2n) is 3.93. The molecule has 0 radical (unpaired) electrons. The minimum atomic E-state index is 0.415. The number of nitrogens with zero attached hydrogens (tertiary/aromatic N) is 1. The van der Waals surface area contributed by atoms with Crippen LogP contribution in [0.5, 0.6) is 0 Å². The first kappa shape index (κ1) is 7.56. The van der Waals surface area contributed by atoms with Gasteiger partial charge in [-0.15, -0.1) is 0 Å². The number of hydrogen-bond acceptors (Lipinski definition) is 2. The minimum absolute atomic E-state index is 0.415. The highest BCUT2D eigenvalue weighted by atomic mass is 16.3. The van der Waals surface area contributed by atoms with E-state index in [1.807, 2.05) is 0 Å². The molecule has 2 aliphatic heterocycles. The van der Waals surface area contributed by atoms with E-state index in [-0.39, 0.29) is 0 Å². The Hall–Kier alpha value is -0.0800. The van der Waals surface area contributed by atoms with Crippen LogP contribution >= 0.6 is 0 Å². The van der Waals surface area contributed by atoms with Crippen LogP contribution in [0, 0.1) is 11.8 Å². The lowest BCUT2D eigenvalue weighted by atomic mass is 9.80. The predicted molar refractivity (Wildman–Crippen MR) is 44.4 cm³/mol. The van der Waals surface area contributed by atoms with Gasteiger partial charge in [-0.05, 0) is 44.2 Å². The van der Waals surface area contributed by atoms with Crippen LogP contribution in [0.25, 0.3) is 0 Å². The lowest BCUT2D eigenvalue weighted by Crippen LogP contribution is -2.45. The van der Waals surface area contributed by atoms with Crippen molar-refractivity contribution in [1.82, 2.24) is 4.90 Å². The fourth-order valence-corrected chi connectivity index (χ4v) is 2.50. The molecule has 2 aliphatic rings. The van der Waals surface area contributed by atoms with Gasteiger partial charge in [0.1, 0.15) is 0 Å². The number of piperidine rings is 2. The van der Waals surface area contributed by atoms with E-state index in [1.54, 1.807) is 0 Å². The van der Waals surface area contributed by atoms with Gasteiger partial charge in [0, 0.05) is 13.2 Å². The van der Waals surface area contributed by atoms with E-state index in [4.69, 9.17) is 5.11 Å². The molecule has 1 N–H and O–H groups in total. The highest BCUT2D eigenvalue weighted by Gasteiger charge is 2.30. The molecule has 2 fully saturated rings. The van der Waals surface area contributed by atoms with E-state index >= 15 is 0 Å². The summed E-state index contributed by atoms with van der Waals surface area (Å²) in [5.74, 6) is 1.43. The highest BCUT2D eigenvalue weighted by molar-refractivity contribution is 4.83. The van der Waals surface area contributed by atoms with Crippen molar-refractivity contribution >= 4 is 0 Å². The quantitative estimate of drug-likeness (QED) is 0.603. The van der Waals surface area contributed by atoms with Crippen molar-refractivity contribution < 1.29 is 5.11 Å². The van der Waals surface area contributed by atoms with E-state index in [0.29, 0.717) is 12.5 Å². The Morgan fingerprint density at radius 3 is 3.00 bits per heavy atom. The molecule has 64 valence electrons. The van der Waals surface area contributed by atoms with Gasteiger partial charge < -0.3 is 10.0 Å². The molecule has 0 aromatic rings. The van der Waals surface area contributed by atoms with E-state index in [9.17, 15) is 0 Å². The lowest BCUT2D eigenvalue weighted by molar-refractivity contribution is 0.0424. The summed E-state index contributed by atoms with van der Waals surface area (Å²) >= 11 is 0. The molecule has 0 saturated carbocycles. The Kier molecular flexibility index (Phi) is 2.14. The number of aliphatic hydroxyl groups is 1. The SMILES string of the molecule is OCC1CCN2CCCC1C2. The maximum Gasteiger partial charge on any atom is 0.0462 e. The third-order valence-electron chi connectivity index (χ3n) is 3.26. The molecule has 3 unspecified atom stereocenters. The third kappa shape index (κ3) is 1.42. The van der Waals surface area contributed by atoms with Crippen LogP contribution in [0.1, 0.15) is 19.3 Å². The van der Waals surface area contributed by atoms with Crippen molar-refractivity contribution in [2.45, 2.75) is 19.3 Å². The van der Waals surface area contributed by atoms with Crippen LogP contribution in [0.2, 0.25) is 0 Å². The Labute approximate surface area is 68.2 Å². The summed E-state index contributed by atoms with van der Waals surface area (Å²) in [7, 11) is 0. The van der Waals surface area contributed by atoms with Crippen molar-refractivity contribution in [2.75, 3.05) is 26.2 Å². The fourth-order valence-electron chi connectivity index (χ4n) is 2.50. The molecule has 0 spiro atoms. The average molecular weight is 155 g/mol. The Balaban J connectivity index is 1.97. The van der Waals surface area contributed by atoms with Gasteiger partial charge in [-0.3, -0.25) is 0 Å². The largest absolute Gasteiger partial charge is 0.396 e. The van der Waals surface area contributed by atoms with Crippen molar-refractivity contribution in [2.24, 2.45) is 11.8 Å². The molecule has 0 amide bonds. The van der Waals surface area contributed by atoms with Gasteiger partial charge in [-0.1, -0.05) is 0 Å². The van der Waals surface area contributed by atoms with Crippen LogP contribution in [-0.4, -0.2) is 36.2 Å². The molecule has 11 heavy (non-hydrogen) atoms. The first-order valence-electron chi connectivity index (χ1n) is 4.73. The first-order valence-corrected chi connectivity index (χ1v) is 4.73. The van der Waals surface area contributed by atoms with Gasteiger partial charge in [0.15, 0.2) is 0 Å². The molecular weight excluding hydrogens is 138 g/mol. The molecule has 2 heteroatoms. The monoisotopic (exact) mass is 155 g/mol. The van der Waals surface area contributed by atoms with Crippen molar-refractivity contribution in [3.63, 3.8) is 0 Å². The molecule has 0 aliphatic carbocycles. The van der Waals surface area contributed by atoms with Gasteiger partial charge in [0.2, 0.25) is 0 Å². The Morgan fingerprint density at radius 2 is 2.18 bits per heavy atom. The van der Waals surface area contributed by atoms with Crippen LogP contribution < -0.4 is 0 Å². The number of aliphatic hydroxyl groups excluding tert-OH is 1. The zero-order valence-electron chi connectivity index (χ0n) is 7.00. The molecular formula is C9H17NO. The molecule has 2 saturated heterocycles. The molecule has 2 heterocycles. The normalized spacial score (nSPS) is 43.9. The number of fused-ring (bicyclic) bond motifs is 2. The highest BCUT2D eigenvalue weighted by Crippen LogP contribution is 2.30. The molecule has 0 aromatic carbocycles. The van der Waals surface area contributed by atoms with Gasteiger partial charge in [0.05, 0.1) is 0 Å². The van der Waals surface area contributed by atoms with Gasteiger partial charge >= 0.3 is 0 Å². The fraction of sp³-hybridized carbons (Fsp3) is 1.00. The Morgan fingerprint density at radius 1 is 1.27 bits per heavy atom. The van der Waals surface area contributed by atoms with E-state index in [0.717, 1.165) is 5.92 Å². The van der Waals surface area contributed by atoms with Gasteiger partial charge in [0.25, 0.3) is 0 Å². The summed E-state index contributed by atoms with van der Waals surface area (Å²) in [4.78, 5) is 2.54. The van der Waals surface area contributed by atoms with Crippen LogP contribution in [0.4, 0.5) is 0 Å². The predicted octanol–water partition coefficient (Wildman–Crippen LogP) is 0.711. The topological polar surface area (TPSA) is 23.5 Å². The van der Waals surface area contributed by atoms with Gasteiger partial charge in [-0.2, -0.15) is 0 Å². The zero-order valence-corrected chi connectivity index (χ0v) is 7.00. The van der Waals surface area contributed by atoms with Crippen molar-refractivity contribution in [3.8, 4) is 0 Å². The first-order chi connectivity index (χ1) is 5.40. The zero-order chi connectivity index (χ0) is 7.68. The maximum absolute atomic E-state index is 9.08. The summed E-state index contributed by atoms with van der Waals surface area (Å²) in [6.07, 6.45) is 3.92. The second kappa shape index (κ2) is 3.11. The maximum atomic E-state index is 9.08. The molecule has 3 atom stereocenters. The van der Waals surface area contributed by atoms with Crippen molar-refractivity contribution in [3.05, 3.63) is 0 Å². The minimum Gasteiger partial charge on any atom is -0.396 e. The standard InChI is InChI=1S/C9H17NO/c11-7-9-3-5-10-4-1-2-8(9)6-10/h8-9,11H,1-7H2. The summed E-state index contributed by atoms with van der Waals surface area (Å²) in [6.45, 7) is 4.19. The van der Waals surface area contributed by atoms with Gasteiger partial charge in [-0.25, -0.2) is 0 Å².